The molecule has 2 aromatic rings. The van der Waals surface area contributed by atoms with Crippen LogP contribution in [-0.4, -0.2) is 54.8 Å². The number of anilines is 1. The molecule has 2 fully saturated rings. The van der Waals surface area contributed by atoms with Crippen molar-refractivity contribution in [2.24, 2.45) is 0 Å². The monoisotopic (exact) mass is 419 g/mol. The Morgan fingerprint density at radius 3 is 2.69 bits per heavy atom. The van der Waals surface area contributed by atoms with Crippen LogP contribution in [0.15, 0.2) is 23.1 Å². The molecule has 0 radical (unpaired) electrons. The van der Waals surface area contributed by atoms with E-state index >= 15 is 0 Å². The summed E-state index contributed by atoms with van der Waals surface area (Å²) in [7, 11) is -2.15. The number of hydrogen-bond donors (Lipinski definition) is 3. The van der Waals surface area contributed by atoms with Gasteiger partial charge in [0.05, 0.1) is 10.9 Å². The fourth-order valence-corrected chi connectivity index (χ4v) is 5.00. The largest absolute Gasteiger partial charge is 0.382 e. The molecule has 3 N–H and O–H groups in total. The number of nitrogens with one attached hydrogen (secondary N) is 3. The van der Waals surface area contributed by atoms with Gasteiger partial charge >= 0.3 is 0 Å². The predicted octanol–water partition coefficient (Wildman–Crippen LogP) is 1.92. The number of tetrazole rings is 1. The molecule has 0 spiro atoms. The van der Waals surface area contributed by atoms with Crippen molar-refractivity contribution >= 4 is 15.7 Å². The lowest BCUT2D eigenvalue weighted by Gasteiger charge is -2.26. The van der Waals surface area contributed by atoms with Gasteiger partial charge in [0, 0.05) is 23.8 Å². The van der Waals surface area contributed by atoms with Gasteiger partial charge in [0.2, 0.25) is 10.0 Å². The minimum Gasteiger partial charge on any atom is -0.382 e. The van der Waals surface area contributed by atoms with Crippen LogP contribution < -0.4 is 15.4 Å². The number of sulfonamides is 1. The second kappa shape index (κ2) is 8.76. The molecule has 4 rings (SSSR count). The molecule has 1 aromatic heterocycles. The summed E-state index contributed by atoms with van der Waals surface area (Å²) in [6, 6.07) is 5.69. The van der Waals surface area contributed by atoms with Crippen LogP contribution in [0.25, 0.3) is 11.4 Å². The number of piperidine rings is 1. The van der Waals surface area contributed by atoms with E-state index in [1.54, 1.807) is 12.1 Å². The molecule has 1 aromatic carbocycles. The standard InChI is InChI=1S/C19H29N7O2S/c1-20-29(27,28)16-9-10-18(22-14-6-3-2-4-7-14)17(12-16)19-23-24-25-26(19)15-8-5-11-21-13-15/h9-10,12,14-15,20-22H,2-8,11,13H2,1H3. The lowest BCUT2D eigenvalue weighted by molar-refractivity contribution is 0.344. The molecular weight excluding hydrogens is 390 g/mol. The molecule has 2 heterocycles. The molecule has 0 amide bonds. The molecule has 1 unspecified atom stereocenters. The average molecular weight is 420 g/mol. The Morgan fingerprint density at radius 2 is 1.97 bits per heavy atom. The maximum absolute atomic E-state index is 12.4. The van der Waals surface area contributed by atoms with Crippen molar-refractivity contribution in [2.75, 3.05) is 25.5 Å². The molecule has 9 nitrogen and oxygen atoms in total. The highest BCUT2D eigenvalue weighted by Gasteiger charge is 2.25. The smallest absolute Gasteiger partial charge is 0.240 e. The van der Waals surface area contributed by atoms with Crippen molar-refractivity contribution in [1.29, 1.82) is 0 Å². The SMILES string of the molecule is CNS(=O)(=O)c1ccc(NC2CCCCC2)c(-c2nnnn2C2CCCNC2)c1. The zero-order chi connectivity index (χ0) is 20.3. The molecule has 0 bridgehead atoms. The zero-order valence-electron chi connectivity index (χ0n) is 16.8. The second-order valence-corrected chi connectivity index (χ2v) is 9.73. The summed E-state index contributed by atoms with van der Waals surface area (Å²) < 4.78 is 29.1. The summed E-state index contributed by atoms with van der Waals surface area (Å²) in [5.41, 5.74) is 1.61. The van der Waals surface area contributed by atoms with Gasteiger partial charge in [0.1, 0.15) is 0 Å². The maximum atomic E-state index is 12.4. The second-order valence-electron chi connectivity index (χ2n) is 7.84. The Labute approximate surface area is 171 Å². The van der Waals surface area contributed by atoms with Crippen molar-refractivity contribution < 1.29 is 8.42 Å². The van der Waals surface area contributed by atoms with Crippen molar-refractivity contribution in [1.82, 2.24) is 30.2 Å². The summed E-state index contributed by atoms with van der Waals surface area (Å²) in [6.45, 7) is 1.80. The summed E-state index contributed by atoms with van der Waals surface area (Å²) in [6.07, 6.45) is 7.99. The molecule has 1 aliphatic heterocycles. The van der Waals surface area contributed by atoms with Crippen molar-refractivity contribution in [2.45, 2.75) is 61.9 Å². The van der Waals surface area contributed by atoms with E-state index in [2.05, 4.69) is 30.9 Å². The molecule has 10 heteroatoms. The molecule has 2 aliphatic rings. The molecule has 1 aliphatic carbocycles. The fraction of sp³-hybridized carbons (Fsp3) is 0.632. The van der Waals surface area contributed by atoms with Crippen LogP contribution in [0.2, 0.25) is 0 Å². The molecular formula is C19H29N7O2S. The summed E-state index contributed by atoms with van der Waals surface area (Å²) in [5.74, 6) is 0.602. The first-order valence-corrected chi connectivity index (χ1v) is 11.9. The first-order valence-electron chi connectivity index (χ1n) is 10.4. The van der Waals surface area contributed by atoms with Gasteiger partial charge in [-0.3, -0.25) is 0 Å². The Morgan fingerprint density at radius 1 is 1.14 bits per heavy atom. The Hall–Kier alpha value is -2.04. The third-order valence-electron chi connectivity index (χ3n) is 5.89. The minimum atomic E-state index is -3.57. The molecule has 158 valence electrons. The number of benzene rings is 1. The van der Waals surface area contributed by atoms with Crippen LogP contribution >= 0.6 is 0 Å². The summed E-state index contributed by atoms with van der Waals surface area (Å²) in [5, 5.41) is 19.5. The zero-order valence-corrected chi connectivity index (χ0v) is 17.6. The molecule has 1 saturated heterocycles. The van der Waals surface area contributed by atoms with E-state index in [-0.39, 0.29) is 10.9 Å². The molecule has 1 saturated carbocycles. The van der Waals surface area contributed by atoms with Gasteiger partial charge in [-0.15, -0.1) is 5.10 Å². The van der Waals surface area contributed by atoms with Gasteiger partial charge in [-0.25, -0.2) is 17.8 Å². The van der Waals surface area contributed by atoms with E-state index in [1.807, 2.05) is 10.7 Å². The van der Waals surface area contributed by atoms with E-state index < -0.39 is 10.0 Å². The maximum Gasteiger partial charge on any atom is 0.240 e. The molecule has 1 atom stereocenters. The van der Waals surface area contributed by atoms with Gasteiger partial charge in [0.15, 0.2) is 5.82 Å². The predicted molar refractivity (Wildman–Crippen MR) is 111 cm³/mol. The lowest BCUT2D eigenvalue weighted by Crippen LogP contribution is -2.32. The van der Waals surface area contributed by atoms with Crippen LogP contribution in [0.4, 0.5) is 5.69 Å². The first-order chi connectivity index (χ1) is 14.1. The van der Waals surface area contributed by atoms with Crippen LogP contribution in [0, 0.1) is 0 Å². The van der Waals surface area contributed by atoms with E-state index in [0.29, 0.717) is 11.9 Å². The van der Waals surface area contributed by atoms with E-state index in [9.17, 15) is 8.42 Å². The van der Waals surface area contributed by atoms with Crippen molar-refractivity contribution in [3.8, 4) is 11.4 Å². The number of hydrogen-bond acceptors (Lipinski definition) is 7. The summed E-state index contributed by atoms with van der Waals surface area (Å²) >= 11 is 0. The van der Waals surface area contributed by atoms with Gasteiger partial charge in [-0.05, 0) is 67.9 Å². The highest BCUT2D eigenvalue weighted by molar-refractivity contribution is 7.89. The number of nitrogens with zero attached hydrogens (tertiary/aromatic N) is 4. The van der Waals surface area contributed by atoms with Crippen LogP contribution in [-0.2, 0) is 10.0 Å². The highest BCUT2D eigenvalue weighted by atomic mass is 32.2. The van der Waals surface area contributed by atoms with E-state index in [4.69, 9.17) is 0 Å². The van der Waals surface area contributed by atoms with Gasteiger partial charge < -0.3 is 10.6 Å². The Bertz CT molecular complexity index is 932. The number of rotatable bonds is 6. The molecule has 29 heavy (non-hydrogen) atoms. The third-order valence-corrected chi connectivity index (χ3v) is 7.30. The van der Waals surface area contributed by atoms with E-state index in [0.717, 1.165) is 50.0 Å². The Kier molecular flexibility index (Phi) is 6.12. The van der Waals surface area contributed by atoms with Crippen LogP contribution in [0.3, 0.4) is 0 Å². The van der Waals surface area contributed by atoms with Gasteiger partial charge in [-0.1, -0.05) is 19.3 Å². The average Bonchev–Trinajstić information content (AvgIpc) is 3.25. The third kappa shape index (κ3) is 4.44. The van der Waals surface area contributed by atoms with E-state index in [1.165, 1.54) is 26.3 Å². The van der Waals surface area contributed by atoms with Crippen molar-refractivity contribution in [3.05, 3.63) is 18.2 Å². The van der Waals surface area contributed by atoms with Crippen LogP contribution in [0.1, 0.15) is 51.0 Å². The van der Waals surface area contributed by atoms with Crippen LogP contribution in [0.5, 0.6) is 0 Å². The van der Waals surface area contributed by atoms with Gasteiger partial charge in [0.25, 0.3) is 0 Å². The normalized spacial score (nSPS) is 21.2. The topological polar surface area (TPSA) is 114 Å². The minimum absolute atomic E-state index is 0.154. The van der Waals surface area contributed by atoms with Gasteiger partial charge in [-0.2, -0.15) is 0 Å². The highest BCUT2D eigenvalue weighted by Crippen LogP contribution is 2.33. The first kappa shape index (κ1) is 20.2. The van der Waals surface area contributed by atoms with Crippen molar-refractivity contribution in [3.63, 3.8) is 0 Å². The fourth-order valence-electron chi connectivity index (χ4n) is 4.25. The lowest BCUT2D eigenvalue weighted by atomic mass is 9.95. The summed E-state index contributed by atoms with van der Waals surface area (Å²) in [4.78, 5) is 0.209. The quantitative estimate of drug-likeness (QED) is 0.655. The number of aromatic nitrogens is 4. The Balaban J connectivity index is 1.75.